The maximum atomic E-state index is 10.0. The molecule has 1 aliphatic heterocycles. The van der Waals surface area contributed by atoms with E-state index in [4.69, 9.17) is 0 Å². The molecule has 18 heavy (non-hydrogen) atoms. The molecular formula is C16H23NO. The van der Waals surface area contributed by atoms with E-state index in [0.717, 1.165) is 18.8 Å². The van der Waals surface area contributed by atoms with Gasteiger partial charge in [-0.15, -0.1) is 0 Å². The van der Waals surface area contributed by atoms with Gasteiger partial charge in [0.05, 0.1) is 0 Å². The first kappa shape index (κ1) is 12.0. The van der Waals surface area contributed by atoms with Crippen LogP contribution >= 0.6 is 0 Å². The van der Waals surface area contributed by atoms with Gasteiger partial charge in [0.1, 0.15) is 5.75 Å². The van der Waals surface area contributed by atoms with E-state index < -0.39 is 0 Å². The molecule has 0 radical (unpaired) electrons. The Labute approximate surface area is 110 Å². The molecule has 1 heterocycles. The Balaban J connectivity index is 1.88. The summed E-state index contributed by atoms with van der Waals surface area (Å²) in [5, 5.41) is 10.0. The standard InChI is InChI=1S/C16H23NO/c1-2-8-17-9-4-6-13-10-14-12(11-15(13)17)5-3-7-16(14)18/h3,5,7,13,15,18H,2,4,6,8-11H2,1H3/t13-,15?/m1/s1. The highest BCUT2D eigenvalue weighted by atomic mass is 16.3. The van der Waals surface area contributed by atoms with Crippen LogP contribution in [0.3, 0.4) is 0 Å². The third kappa shape index (κ3) is 2.03. The predicted octanol–water partition coefficient (Wildman–Crippen LogP) is 2.98. The fourth-order valence-corrected chi connectivity index (χ4v) is 3.85. The van der Waals surface area contributed by atoms with Crippen LogP contribution in [0, 0.1) is 5.92 Å². The minimum atomic E-state index is 0.513. The van der Waals surface area contributed by atoms with E-state index in [2.05, 4.69) is 17.9 Å². The molecule has 2 atom stereocenters. The van der Waals surface area contributed by atoms with Gasteiger partial charge in [0.15, 0.2) is 0 Å². The number of fused-ring (bicyclic) bond motifs is 2. The Morgan fingerprint density at radius 1 is 1.33 bits per heavy atom. The number of piperidine rings is 1. The van der Waals surface area contributed by atoms with Crippen LogP contribution in [0.5, 0.6) is 5.75 Å². The van der Waals surface area contributed by atoms with Crippen LogP contribution in [-0.4, -0.2) is 29.1 Å². The van der Waals surface area contributed by atoms with Crippen LogP contribution < -0.4 is 0 Å². The van der Waals surface area contributed by atoms with Gasteiger partial charge in [-0.3, -0.25) is 4.90 Å². The van der Waals surface area contributed by atoms with E-state index in [1.54, 1.807) is 0 Å². The molecule has 1 aromatic carbocycles. The minimum absolute atomic E-state index is 0.513. The van der Waals surface area contributed by atoms with Crippen molar-refractivity contribution in [1.29, 1.82) is 0 Å². The highest BCUT2D eigenvalue weighted by Gasteiger charge is 2.35. The predicted molar refractivity (Wildman–Crippen MR) is 73.9 cm³/mol. The molecule has 2 heteroatoms. The zero-order valence-corrected chi connectivity index (χ0v) is 11.2. The second-order valence-corrected chi connectivity index (χ2v) is 5.83. The van der Waals surface area contributed by atoms with E-state index in [1.165, 1.54) is 43.5 Å². The summed E-state index contributed by atoms with van der Waals surface area (Å²) < 4.78 is 0. The summed E-state index contributed by atoms with van der Waals surface area (Å²) in [5.41, 5.74) is 2.59. The van der Waals surface area contributed by atoms with Crippen molar-refractivity contribution in [3.8, 4) is 5.75 Å². The molecule has 0 saturated carbocycles. The molecule has 2 nitrogen and oxygen atoms in total. The van der Waals surface area contributed by atoms with Crippen molar-refractivity contribution in [2.24, 2.45) is 5.92 Å². The van der Waals surface area contributed by atoms with Gasteiger partial charge in [-0.1, -0.05) is 19.1 Å². The van der Waals surface area contributed by atoms with Crippen LogP contribution in [0.1, 0.15) is 37.3 Å². The number of nitrogens with zero attached hydrogens (tertiary/aromatic N) is 1. The summed E-state index contributed by atoms with van der Waals surface area (Å²) in [4.78, 5) is 2.68. The minimum Gasteiger partial charge on any atom is -0.508 e. The molecule has 1 aromatic rings. The number of aromatic hydroxyl groups is 1. The lowest BCUT2D eigenvalue weighted by Gasteiger charge is -2.44. The van der Waals surface area contributed by atoms with E-state index >= 15 is 0 Å². The monoisotopic (exact) mass is 245 g/mol. The van der Waals surface area contributed by atoms with Crippen molar-refractivity contribution in [2.75, 3.05) is 13.1 Å². The quantitative estimate of drug-likeness (QED) is 0.866. The Hall–Kier alpha value is -1.02. The fourth-order valence-electron chi connectivity index (χ4n) is 3.85. The second kappa shape index (κ2) is 4.93. The number of phenolic OH excluding ortho intramolecular Hbond substituents is 1. The number of phenols is 1. The summed E-state index contributed by atoms with van der Waals surface area (Å²) in [6.07, 6.45) is 6.11. The molecular weight excluding hydrogens is 222 g/mol. The molecule has 0 bridgehead atoms. The topological polar surface area (TPSA) is 23.5 Å². The summed E-state index contributed by atoms with van der Waals surface area (Å²) in [6.45, 7) is 4.77. The normalized spacial score (nSPS) is 27.6. The zero-order chi connectivity index (χ0) is 12.5. The van der Waals surface area contributed by atoms with Crippen LogP contribution in [0.4, 0.5) is 0 Å². The first-order valence-electron chi connectivity index (χ1n) is 7.33. The highest BCUT2D eigenvalue weighted by Crippen LogP contribution is 2.38. The average molecular weight is 245 g/mol. The number of hydrogen-bond donors (Lipinski definition) is 1. The molecule has 1 fully saturated rings. The van der Waals surface area contributed by atoms with Crippen molar-refractivity contribution in [1.82, 2.24) is 4.90 Å². The molecule has 3 rings (SSSR count). The summed E-state index contributed by atoms with van der Waals surface area (Å²) >= 11 is 0. The van der Waals surface area contributed by atoms with Crippen molar-refractivity contribution >= 4 is 0 Å². The van der Waals surface area contributed by atoms with Gasteiger partial charge in [-0.05, 0) is 68.3 Å². The smallest absolute Gasteiger partial charge is 0.119 e. The number of likely N-dealkylation sites (tertiary alicyclic amines) is 1. The lowest BCUT2D eigenvalue weighted by molar-refractivity contribution is 0.0849. The summed E-state index contributed by atoms with van der Waals surface area (Å²) in [6, 6.07) is 6.74. The van der Waals surface area contributed by atoms with E-state index in [-0.39, 0.29) is 0 Å². The molecule has 2 aliphatic rings. The Bertz CT molecular complexity index is 427. The van der Waals surface area contributed by atoms with Gasteiger partial charge < -0.3 is 5.11 Å². The van der Waals surface area contributed by atoms with Crippen LogP contribution in [0.15, 0.2) is 18.2 Å². The molecule has 1 aliphatic carbocycles. The largest absolute Gasteiger partial charge is 0.508 e. The van der Waals surface area contributed by atoms with Crippen LogP contribution in [0.2, 0.25) is 0 Å². The van der Waals surface area contributed by atoms with E-state index in [0.29, 0.717) is 11.8 Å². The summed E-state index contributed by atoms with van der Waals surface area (Å²) in [7, 11) is 0. The van der Waals surface area contributed by atoms with Crippen LogP contribution in [0.25, 0.3) is 0 Å². The van der Waals surface area contributed by atoms with Crippen molar-refractivity contribution < 1.29 is 5.11 Å². The number of benzene rings is 1. The van der Waals surface area contributed by atoms with Gasteiger partial charge in [0, 0.05) is 6.04 Å². The molecule has 0 spiro atoms. The first-order valence-corrected chi connectivity index (χ1v) is 7.33. The highest BCUT2D eigenvalue weighted by molar-refractivity contribution is 5.42. The lowest BCUT2D eigenvalue weighted by Crippen LogP contribution is -2.49. The molecule has 0 aromatic heterocycles. The van der Waals surface area contributed by atoms with Gasteiger partial charge in [0.25, 0.3) is 0 Å². The maximum Gasteiger partial charge on any atom is 0.119 e. The van der Waals surface area contributed by atoms with Crippen molar-refractivity contribution in [3.63, 3.8) is 0 Å². The Morgan fingerprint density at radius 2 is 2.22 bits per heavy atom. The maximum absolute atomic E-state index is 10.0. The van der Waals surface area contributed by atoms with Gasteiger partial charge >= 0.3 is 0 Å². The van der Waals surface area contributed by atoms with E-state index in [1.807, 2.05) is 12.1 Å². The first-order chi connectivity index (χ1) is 8.79. The van der Waals surface area contributed by atoms with Gasteiger partial charge in [0.2, 0.25) is 0 Å². The summed E-state index contributed by atoms with van der Waals surface area (Å²) in [5.74, 6) is 1.27. The third-order valence-electron chi connectivity index (χ3n) is 4.69. The average Bonchev–Trinajstić information content (AvgIpc) is 2.38. The molecule has 98 valence electrons. The SMILES string of the molecule is CCCN1CCC[C@@H]2Cc3c(O)cccc3CC21. The van der Waals surface area contributed by atoms with Crippen molar-refractivity contribution in [3.05, 3.63) is 29.3 Å². The third-order valence-corrected chi connectivity index (χ3v) is 4.69. The van der Waals surface area contributed by atoms with Crippen molar-refractivity contribution in [2.45, 2.75) is 45.1 Å². The van der Waals surface area contributed by atoms with Crippen LogP contribution in [-0.2, 0) is 12.8 Å². The molecule has 1 saturated heterocycles. The fraction of sp³-hybridized carbons (Fsp3) is 0.625. The molecule has 1 N–H and O–H groups in total. The number of rotatable bonds is 2. The van der Waals surface area contributed by atoms with E-state index in [9.17, 15) is 5.11 Å². The number of hydrogen-bond acceptors (Lipinski definition) is 2. The lowest BCUT2D eigenvalue weighted by atomic mass is 9.75. The zero-order valence-electron chi connectivity index (χ0n) is 11.2. The van der Waals surface area contributed by atoms with Gasteiger partial charge in [-0.25, -0.2) is 0 Å². The Kier molecular flexibility index (Phi) is 3.29. The van der Waals surface area contributed by atoms with Gasteiger partial charge in [-0.2, -0.15) is 0 Å². The molecule has 1 unspecified atom stereocenters. The second-order valence-electron chi connectivity index (χ2n) is 5.83. The molecule has 0 amide bonds. The Morgan fingerprint density at radius 3 is 3.06 bits per heavy atom.